The molecule has 4 rings (SSSR count). The van der Waals surface area contributed by atoms with E-state index >= 15 is 0 Å². The first-order valence-electron chi connectivity index (χ1n) is 10.9. The first kappa shape index (κ1) is 24.0. The summed E-state index contributed by atoms with van der Waals surface area (Å²) in [7, 11) is 0. The summed E-state index contributed by atoms with van der Waals surface area (Å²) in [6, 6.07) is 3.79. The molecular formula is C23H24FN7O4. The van der Waals surface area contributed by atoms with Gasteiger partial charge in [0.2, 0.25) is 0 Å². The van der Waals surface area contributed by atoms with E-state index in [4.69, 9.17) is 4.74 Å². The van der Waals surface area contributed by atoms with Gasteiger partial charge in [-0.15, -0.1) is 0 Å². The molecule has 0 aliphatic heterocycles. The summed E-state index contributed by atoms with van der Waals surface area (Å²) in [4.78, 5) is 41.9. The number of carbonyl (C=O) groups is 2. The molecule has 1 fully saturated rings. The number of hydrogen-bond donors (Lipinski definition) is 4. The number of aromatic nitrogens is 4. The average molecular weight is 481 g/mol. The highest BCUT2D eigenvalue weighted by Gasteiger charge is 2.28. The second-order valence-corrected chi connectivity index (χ2v) is 8.65. The summed E-state index contributed by atoms with van der Waals surface area (Å²) in [6.45, 7) is 2.87. The van der Waals surface area contributed by atoms with E-state index in [0.29, 0.717) is 11.4 Å². The fourth-order valence-corrected chi connectivity index (χ4v) is 3.09. The molecule has 2 aromatic heterocycles. The lowest BCUT2D eigenvalue weighted by Crippen LogP contribution is -2.38. The van der Waals surface area contributed by atoms with Gasteiger partial charge in [-0.3, -0.25) is 10.1 Å². The van der Waals surface area contributed by atoms with Crippen LogP contribution in [0.2, 0.25) is 0 Å². The van der Waals surface area contributed by atoms with Gasteiger partial charge in [-0.2, -0.15) is 0 Å². The van der Waals surface area contributed by atoms with Crippen LogP contribution >= 0.6 is 0 Å². The van der Waals surface area contributed by atoms with Crippen LogP contribution in [0.4, 0.5) is 26.4 Å². The van der Waals surface area contributed by atoms with E-state index < -0.39 is 29.0 Å². The Hall–Kier alpha value is -4.19. The van der Waals surface area contributed by atoms with Gasteiger partial charge in [0, 0.05) is 12.5 Å². The minimum absolute atomic E-state index is 0.0970. The molecule has 3 aromatic rings. The van der Waals surface area contributed by atoms with Crippen LogP contribution in [0.5, 0.6) is 5.88 Å². The number of amides is 2. The van der Waals surface area contributed by atoms with Crippen molar-refractivity contribution < 1.29 is 23.8 Å². The molecule has 0 spiro atoms. The fraction of sp³-hybridized carbons (Fsp3) is 0.304. The van der Waals surface area contributed by atoms with Gasteiger partial charge in [0.05, 0.1) is 46.8 Å². The van der Waals surface area contributed by atoms with Crippen molar-refractivity contribution in [3.63, 3.8) is 0 Å². The highest BCUT2D eigenvalue weighted by atomic mass is 19.1. The molecule has 1 aromatic carbocycles. The maximum absolute atomic E-state index is 14.5. The molecule has 0 radical (unpaired) electrons. The van der Waals surface area contributed by atoms with Gasteiger partial charge in [-0.1, -0.05) is 6.07 Å². The van der Waals surface area contributed by atoms with Crippen LogP contribution in [0.1, 0.15) is 48.7 Å². The Morgan fingerprint density at radius 2 is 1.94 bits per heavy atom. The maximum atomic E-state index is 14.5. The number of nitrogens with one attached hydrogen (secondary N) is 3. The molecular weight excluding hydrogens is 457 g/mol. The number of anilines is 3. The highest BCUT2D eigenvalue weighted by molar-refractivity contribution is 6.03. The zero-order valence-electron chi connectivity index (χ0n) is 19.1. The Balaban J connectivity index is 1.54. The number of ether oxygens (including phenoxy) is 1. The van der Waals surface area contributed by atoms with E-state index in [1.165, 1.54) is 44.7 Å². The van der Waals surface area contributed by atoms with Gasteiger partial charge in [0.15, 0.2) is 5.82 Å². The van der Waals surface area contributed by atoms with Crippen LogP contribution in [0.15, 0.2) is 43.1 Å². The predicted molar refractivity (Wildman–Crippen MR) is 124 cm³/mol. The quantitative estimate of drug-likeness (QED) is 0.380. The number of aliphatic hydroxyl groups is 1. The minimum Gasteiger partial charge on any atom is -0.389 e. The molecule has 0 unspecified atom stereocenters. The van der Waals surface area contributed by atoms with E-state index in [9.17, 15) is 19.1 Å². The topological polar surface area (TPSA) is 151 Å². The van der Waals surface area contributed by atoms with Crippen molar-refractivity contribution >= 4 is 29.2 Å². The third-order valence-corrected chi connectivity index (χ3v) is 4.93. The van der Waals surface area contributed by atoms with Crippen molar-refractivity contribution in [1.82, 2.24) is 25.3 Å². The SMILES string of the molecule is CC(C)(O)CNC(=O)c1c(F)cccc1NC(=O)Oc1nc(C2CC2)cnc1Nc1cncnc1. The molecule has 2 amide bonds. The third kappa shape index (κ3) is 6.44. The van der Waals surface area contributed by atoms with E-state index in [-0.39, 0.29) is 29.8 Å². The number of rotatable bonds is 8. The zero-order chi connectivity index (χ0) is 25.0. The summed E-state index contributed by atoms with van der Waals surface area (Å²) in [5.74, 6) is -1.35. The Morgan fingerprint density at radius 3 is 2.63 bits per heavy atom. The van der Waals surface area contributed by atoms with Crippen molar-refractivity contribution in [1.29, 1.82) is 0 Å². The normalized spacial score (nSPS) is 13.1. The van der Waals surface area contributed by atoms with Gasteiger partial charge in [0.1, 0.15) is 12.1 Å². The Kier molecular flexibility index (Phi) is 6.82. The van der Waals surface area contributed by atoms with Crippen molar-refractivity contribution in [2.75, 3.05) is 17.2 Å². The van der Waals surface area contributed by atoms with Crippen molar-refractivity contribution in [3.8, 4) is 5.88 Å². The number of hydrogen-bond acceptors (Lipinski definition) is 9. The zero-order valence-corrected chi connectivity index (χ0v) is 19.1. The summed E-state index contributed by atoms with van der Waals surface area (Å²) in [5, 5.41) is 17.6. The Labute approximate surface area is 200 Å². The molecule has 2 heterocycles. The smallest absolute Gasteiger partial charge is 0.389 e. The number of carbonyl (C=O) groups excluding carboxylic acids is 2. The molecule has 0 bridgehead atoms. The standard InChI is InChI=1S/C23H24FN7O4/c1-23(2,34)11-28-20(32)18-15(24)4-3-5-16(18)31-22(33)35-21-19(29-14-8-25-12-26-9-14)27-10-17(30-21)13-6-7-13/h3-5,8-10,12-13,34H,6-7,11H2,1-2H3,(H,27,29)(H,28,32)(H,31,33). The van der Waals surface area contributed by atoms with Crippen LogP contribution < -0.4 is 20.7 Å². The molecule has 182 valence electrons. The molecule has 0 saturated heterocycles. The van der Waals surface area contributed by atoms with E-state index in [1.54, 1.807) is 6.20 Å². The second kappa shape index (κ2) is 9.97. The number of nitrogens with zero attached hydrogens (tertiary/aromatic N) is 4. The first-order chi connectivity index (χ1) is 16.7. The van der Waals surface area contributed by atoms with E-state index in [0.717, 1.165) is 18.9 Å². The third-order valence-electron chi connectivity index (χ3n) is 4.93. The first-order valence-corrected chi connectivity index (χ1v) is 10.9. The van der Waals surface area contributed by atoms with Crippen LogP contribution in [0.3, 0.4) is 0 Å². The lowest BCUT2D eigenvalue weighted by molar-refractivity contribution is 0.0692. The lowest BCUT2D eigenvalue weighted by atomic mass is 10.1. The monoisotopic (exact) mass is 481 g/mol. The van der Waals surface area contributed by atoms with Crippen LogP contribution in [-0.2, 0) is 0 Å². The maximum Gasteiger partial charge on any atom is 0.418 e. The molecule has 0 atom stereocenters. The molecule has 1 saturated carbocycles. The molecule has 4 N–H and O–H groups in total. The molecule has 1 aliphatic carbocycles. The van der Waals surface area contributed by atoms with Crippen LogP contribution in [0, 0.1) is 5.82 Å². The van der Waals surface area contributed by atoms with Gasteiger partial charge in [-0.05, 0) is 38.8 Å². The summed E-state index contributed by atoms with van der Waals surface area (Å²) in [5.41, 5.74) is -0.527. The van der Waals surface area contributed by atoms with Crippen molar-refractivity contribution in [2.24, 2.45) is 0 Å². The van der Waals surface area contributed by atoms with Gasteiger partial charge in [0.25, 0.3) is 11.8 Å². The summed E-state index contributed by atoms with van der Waals surface area (Å²) >= 11 is 0. The number of halogens is 1. The van der Waals surface area contributed by atoms with Crippen molar-refractivity contribution in [2.45, 2.75) is 38.2 Å². The largest absolute Gasteiger partial charge is 0.418 e. The molecule has 11 nitrogen and oxygen atoms in total. The Morgan fingerprint density at radius 1 is 1.20 bits per heavy atom. The minimum atomic E-state index is -1.20. The average Bonchev–Trinajstić information content (AvgIpc) is 3.64. The van der Waals surface area contributed by atoms with Gasteiger partial charge < -0.3 is 20.5 Å². The number of benzene rings is 1. The molecule has 35 heavy (non-hydrogen) atoms. The van der Waals surface area contributed by atoms with Gasteiger partial charge in [-0.25, -0.2) is 29.1 Å². The second-order valence-electron chi connectivity index (χ2n) is 8.65. The van der Waals surface area contributed by atoms with Crippen molar-refractivity contribution in [3.05, 3.63) is 60.2 Å². The highest BCUT2D eigenvalue weighted by Crippen LogP contribution is 2.40. The van der Waals surface area contributed by atoms with Crippen LogP contribution in [0.25, 0.3) is 0 Å². The van der Waals surface area contributed by atoms with Gasteiger partial charge >= 0.3 is 6.09 Å². The summed E-state index contributed by atoms with van der Waals surface area (Å²) < 4.78 is 19.9. The summed E-state index contributed by atoms with van der Waals surface area (Å²) in [6.07, 6.45) is 6.93. The Bertz CT molecular complexity index is 1230. The fourth-order valence-electron chi connectivity index (χ4n) is 3.09. The lowest BCUT2D eigenvalue weighted by Gasteiger charge is -2.19. The van der Waals surface area contributed by atoms with E-state index in [2.05, 4.69) is 35.9 Å². The molecule has 1 aliphatic rings. The van der Waals surface area contributed by atoms with Crippen LogP contribution in [-0.4, -0.2) is 49.2 Å². The van der Waals surface area contributed by atoms with E-state index in [1.807, 2.05) is 0 Å². The predicted octanol–water partition coefficient (Wildman–Crippen LogP) is 3.14. The molecule has 12 heteroatoms.